The zero-order valence-electron chi connectivity index (χ0n) is 15.9. The molecule has 2 heterocycles. The highest BCUT2D eigenvalue weighted by atomic mass is 16.3. The highest BCUT2D eigenvalue weighted by Crippen LogP contribution is 2.29. The van der Waals surface area contributed by atoms with Gasteiger partial charge in [-0.25, -0.2) is 15.0 Å². The molecule has 4 rings (SSSR count). The van der Waals surface area contributed by atoms with Gasteiger partial charge in [-0.2, -0.15) is 0 Å². The molecule has 27 heavy (non-hydrogen) atoms. The number of hydrogen-bond donors (Lipinski definition) is 1. The van der Waals surface area contributed by atoms with Gasteiger partial charge in [0.05, 0.1) is 11.0 Å². The fourth-order valence-corrected chi connectivity index (χ4v) is 3.01. The van der Waals surface area contributed by atoms with Crippen molar-refractivity contribution in [2.45, 2.75) is 13.3 Å². The average Bonchev–Trinajstić information content (AvgIpc) is 3.07. The first kappa shape index (κ1) is 17.4. The third-order valence-electron chi connectivity index (χ3n) is 4.39. The fourth-order valence-electron chi connectivity index (χ4n) is 3.01. The number of rotatable bonds is 6. The summed E-state index contributed by atoms with van der Waals surface area (Å²) in [6.07, 6.45) is 1.01. The summed E-state index contributed by atoms with van der Waals surface area (Å²) in [5.74, 6) is 1.19. The topological polar surface area (TPSA) is 67.1 Å². The molecule has 0 spiro atoms. The molecule has 0 atom stereocenters. The number of para-hydroxylation sites is 2. The lowest BCUT2D eigenvalue weighted by molar-refractivity contribution is 0.405. The van der Waals surface area contributed by atoms with Crippen LogP contribution in [0.25, 0.3) is 33.7 Å². The molecular weight excluding hydrogens is 338 g/mol. The van der Waals surface area contributed by atoms with Gasteiger partial charge in [0.15, 0.2) is 17.1 Å². The Morgan fingerprint density at radius 1 is 0.963 bits per heavy atom. The van der Waals surface area contributed by atoms with Crippen molar-refractivity contribution in [3.63, 3.8) is 0 Å². The van der Waals surface area contributed by atoms with Crippen LogP contribution in [0.4, 0.5) is 5.82 Å². The molecule has 0 aliphatic carbocycles. The fraction of sp³-hybridized carbons (Fsp3) is 0.286. The summed E-state index contributed by atoms with van der Waals surface area (Å²) in [5, 5.41) is 3.41. The molecule has 2 aromatic carbocycles. The smallest absolute Gasteiger partial charge is 0.250 e. The Hall–Kier alpha value is -2.99. The molecule has 0 aliphatic heterocycles. The maximum absolute atomic E-state index is 6.01. The van der Waals surface area contributed by atoms with Crippen LogP contribution in [0.5, 0.6) is 0 Å². The molecule has 1 N–H and O–H groups in total. The predicted molar refractivity (Wildman–Crippen MR) is 109 cm³/mol. The quantitative estimate of drug-likeness (QED) is 0.521. The number of hydrogen-bond acceptors (Lipinski definition) is 6. The summed E-state index contributed by atoms with van der Waals surface area (Å²) in [5.41, 5.74) is 5.04. The number of fused-ring (bicyclic) bond motifs is 2. The van der Waals surface area contributed by atoms with Gasteiger partial charge in [0.25, 0.3) is 0 Å². The van der Waals surface area contributed by atoms with E-state index in [0.29, 0.717) is 17.4 Å². The maximum atomic E-state index is 6.01. The van der Waals surface area contributed by atoms with Crippen molar-refractivity contribution < 1.29 is 4.42 Å². The zero-order valence-corrected chi connectivity index (χ0v) is 15.9. The molecule has 0 unspecified atom stereocenters. The van der Waals surface area contributed by atoms with Gasteiger partial charge in [0, 0.05) is 6.54 Å². The van der Waals surface area contributed by atoms with Gasteiger partial charge in [-0.3, -0.25) is 0 Å². The number of anilines is 1. The van der Waals surface area contributed by atoms with E-state index in [0.717, 1.165) is 47.2 Å². The van der Waals surface area contributed by atoms with E-state index in [2.05, 4.69) is 29.3 Å². The normalized spacial score (nSPS) is 11.6. The minimum atomic E-state index is 0.490. The SMILES string of the molecule is Cc1ccc2nc(-c3nc4ccccc4nc3NCCCN(C)C)oc2c1. The minimum Gasteiger partial charge on any atom is -0.435 e. The number of aryl methyl sites for hydroxylation is 1. The van der Waals surface area contributed by atoms with Crippen LogP contribution in [0.15, 0.2) is 46.9 Å². The van der Waals surface area contributed by atoms with Crippen molar-refractivity contribution >= 4 is 28.0 Å². The standard InChI is InChI=1S/C21H23N5O/c1-14-9-10-17-18(13-14)27-21(25-17)19-20(22-11-6-12-26(2)3)24-16-8-5-4-7-15(16)23-19/h4-5,7-10,13H,6,11-12H2,1-3H3,(H,22,24). The lowest BCUT2D eigenvalue weighted by Gasteiger charge is -2.12. The molecular formula is C21H23N5O. The summed E-state index contributed by atoms with van der Waals surface area (Å²) in [6, 6.07) is 13.8. The van der Waals surface area contributed by atoms with Crippen LogP contribution in [0, 0.1) is 6.92 Å². The predicted octanol–water partition coefficient (Wildman–Crippen LogP) is 4.11. The molecule has 0 saturated carbocycles. The minimum absolute atomic E-state index is 0.490. The van der Waals surface area contributed by atoms with E-state index in [-0.39, 0.29) is 0 Å². The van der Waals surface area contributed by atoms with Crippen LogP contribution in [0.2, 0.25) is 0 Å². The number of aromatic nitrogens is 3. The molecule has 2 aromatic heterocycles. The van der Waals surface area contributed by atoms with Crippen LogP contribution in [0.1, 0.15) is 12.0 Å². The molecule has 6 heteroatoms. The molecule has 0 amide bonds. The lowest BCUT2D eigenvalue weighted by Crippen LogP contribution is -2.17. The number of nitrogens with zero attached hydrogens (tertiary/aromatic N) is 4. The Morgan fingerprint density at radius 3 is 2.52 bits per heavy atom. The third kappa shape index (κ3) is 3.75. The van der Waals surface area contributed by atoms with Crippen molar-refractivity contribution in [3.05, 3.63) is 48.0 Å². The molecule has 0 aliphatic rings. The summed E-state index contributed by atoms with van der Waals surface area (Å²) < 4.78 is 6.01. The van der Waals surface area contributed by atoms with E-state index < -0.39 is 0 Å². The zero-order chi connectivity index (χ0) is 18.8. The molecule has 0 radical (unpaired) electrons. The summed E-state index contributed by atoms with van der Waals surface area (Å²) >= 11 is 0. The van der Waals surface area contributed by atoms with E-state index in [1.807, 2.05) is 49.4 Å². The van der Waals surface area contributed by atoms with Crippen molar-refractivity contribution in [2.75, 3.05) is 32.5 Å². The number of oxazole rings is 1. The Balaban J connectivity index is 1.74. The average molecular weight is 361 g/mol. The first-order valence-corrected chi connectivity index (χ1v) is 9.13. The Labute approximate surface area is 158 Å². The van der Waals surface area contributed by atoms with Gasteiger partial charge in [-0.1, -0.05) is 18.2 Å². The van der Waals surface area contributed by atoms with E-state index in [1.165, 1.54) is 0 Å². The van der Waals surface area contributed by atoms with Gasteiger partial charge in [0.1, 0.15) is 5.52 Å². The summed E-state index contributed by atoms with van der Waals surface area (Å²) in [6.45, 7) is 3.85. The van der Waals surface area contributed by atoms with Crippen molar-refractivity contribution in [1.82, 2.24) is 19.9 Å². The van der Waals surface area contributed by atoms with Gasteiger partial charge >= 0.3 is 0 Å². The lowest BCUT2D eigenvalue weighted by atomic mass is 10.2. The van der Waals surface area contributed by atoms with Crippen LogP contribution in [0.3, 0.4) is 0 Å². The van der Waals surface area contributed by atoms with Crippen molar-refractivity contribution in [1.29, 1.82) is 0 Å². The Bertz CT molecular complexity index is 1090. The van der Waals surface area contributed by atoms with Gasteiger partial charge in [-0.15, -0.1) is 0 Å². The highest BCUT2D eigenvalue weighted by molar-refractivity contribution is 5.83. The Morgan fingerprint density at radius 2 is 1.74 bits per heavy atom. The summed E-state index contributed by atoms with van der Waals surface area (Å²) in [4.78, 5) is 16.3. The van der Waals surface area contributed by atoms with E-state index in [9.17, 15) is 0 Å². The van der Waals surface area contributed by atoms with Crippen LogP contribution < -0.4 is 5.32 Å². The van der Waals surface area contributed by atoms with Crippen LogP contribution in [-0.2, 0) is 0 Å². The number of nitrogens with one attached hydrogen (secondary N) is 1. The van der Waals surface area contributed by atoms with Gasteiger partial charge in [0.2, 0.25) is 5.89 Å². The second-order valence-corrected chi connectivity index (χ2v) is 6.98. The van der Waals surface area contributed by atoms with Gasteiger partial charge in [-0.05, 0) is 63.8 Å². The third-order valence-corrected chi connectivity index (χ3v) is 4.39. The summed E-state index contributed by atoms with van der Waals surface area (Å²) in [7, 11) is 4.14. The molecule has 138 valence electrons. The maximum Gasteiger partial charge on any atom is 0.250 e. The largest absolute Gasteiger partial charge is 0.435 e. The van der Waals surface area contributed by atoms with E-state index in [1.54, 1.807) is 0 Å². The molecule has 6 nitrogen and oxygen atoms in total. The Kier molecular flexibility index (Phi) is 4.73. The first-order chi connectivity index (χ1) is 13.1. The van der Waals surface area contributed by atoms with E-state index in [4.69, 9.17) is 14.4 Å². The van der Waals surface area contributed by atoms with Crippen LogP contribution >= 0.6 is 0 Å². The molecule has 0 fully saturated rings. The van der Waals surface area contributed by atoms with Gasteiger partial charge < -0.3 is 14.6 Å². The second kappa shape index (κ2) is 7.32. The number of benzene rings is 2. The highest BCUT2D eigenvalue weighted by Gasteiger charge is 2.17. The molecule has 0 bridgehead atoms. The molecule has 4 aromatic rings. The van der Waals surface area contributed by atoms with E-state index >= 15 is 0 Å². The monoisotopic (exact) mass is 361 g/mol. The van der Waals surface area contributed by atoms with Crippen molar-refractivity contribution in [3.8, 4) is 11.6 Å². The molecule has 0 saturated heterocycles. The second-order valence-electron chi connectivity index (χ2n) is 6.98. The van der Waals surface area contributed by atoms with Crippen molar-refractivity contribution in [2.24, 2.45) is 0 Å². The first-order valence-electron chi connectivity index (χ1n) is 9.13. The van der Waals surface area contributed by atoms with Crippen LogP contribution in [-0.4, -0.2) is 47.0 Å².